The first-order valence-electron chi connectivity index (χ1n) is 8.60. The van der Waals surface area contributed by atoms with Gasteiger partial charge in [-0.2, -0.15) is 5.10 Å². The number of hydrogen-bond acceptors (Lipinski definition) is 6. The molecule has 0 fully saturated rings. The highest BCUT2D eigenvalue weighted by Crippen LogP contribution is 2.22. The predicted molar refractivity (Wildman–Crippen MR) is 112 cm³/mol. The van der Waals surface area contributed by atoms with E-state index in [-0.39, 0.29) is 16.6 Å². The minimum Gasteiger partial charge on any atom is -0.451 e. The molecule has 0 aliphatic rings. The van der Waals surface area contributed by atoms with Gasteiger partial charge in [-0.1, -0.05) is 23.2 Å². The monoisotopic (exact) mass is 452 g/mol. The summed E-state index contributed by atoms with van der Waals surface area (Å²) in [4.78, 5) is 31.4. The highest BCUT2D eigenvalue weighted by Gasteiger charge is 2.19. The Hall–Kier alpha value is -2.42. The third-order valence-corrected chi connectivity index (χ3v) is 5.55. The summed E-state index contributed by atoms with van der Waals surface area (Å²) in [7, 11) is 1.62. The van der Waals surface area contributed by atoms with Crippen molar-refractivity contribution in [2.45, 2.75) is 20.4 Å². The van der Waals surface area contributed by atoms with E-state index in [1.165, 1.54) is 16.2 Å². The van der Waals surface area contributed by atoms with Gasteiger partial charge in [-0.15, -0.1) is 11.3 Å². The third-order valence-electron chi connectivity index (χ3n) is 4.03. The number of likely N-dealkylation sites (N-methyl/N-ethyl adjacent to an activating group) is 1. The van der Waals surface area contributed by atoms with Gasteiger partial charge in [0.25, 0.3) is 5.91 Å². The summed E-state index contributed by atoms with van der Waals surface area (Å²) in [6, 6.07) is 8.71. The zero-order valence-electron chi connectivity index (χ0n) is 16.0. The molecule has 0 N–H and O–H groups in total. The number of ether oxygens (including phenoxy) is 1. The molecule has 0 aromatic carbocycles. The van der Waals surface area contributed by atoms with Crippen LogP contribution in [0.15, 0.2) is 30.3 Å². The Bertz CT molecular complexity index is 1060. The second-order valence-corrected chi connectivity index (χ2v) is 8.58. The number of amides is 1. The maximum Gasteiger partial charge on any atom is 0.359 e. The lowest BCUT2D eigenvalue weighted by Gasteiger charge is -2.16. The topological polar surface area (TPSA) is 77.3 Å². The van der Waals surface area contributed by atoms with Crippen molar-refractivity contribution in [3.8, 4) is 5.82 Å². The van der Waals surface area contributed by atoms with Crippen LogP contribution >= 0.6 is 34.5 Å². The molecule has 1 amide bonds. The first-order valence-corrected chi connectivity index (χ1v) is 10.2. The van der Waals surface area contributed by atoms with E-state index >= 15 is 0 Å². The van der Waals surface area contributed by atoms with Crippen LogP contribution in [-0.4, -0.2) is 45.2 Å². The van der Waals surface area contributed by atoms with Gasteiger partial charge in [0.05, 0.1) is 21.6 Å². The Morgan fingerprint density at radius 1 is 1.21 bits per heavy atom. The molecule has 0 aliphatic carbocycles. The van der Waals surface area contributed by atoms with Crippen molar-refractivity contribution in [1.29, 1.82) is 0 Å². The highest BCUT2D eigenvalue weighted by molar-refractivity contribution is 7.16. The molecule has 10 heteroatoms. The number of halogens is 2. The van der Waals surface area contributed by atoms with Crippen LogP contribution < -0.4 is 0 Å². The zero-order valence-corrected chi connectivity index (χ0v) is 18.3. The molecule has 0 aliphatic heterocycles. The van der Waals surface area contributed by atoms with E-state index < -0.39 is 12.6 Å². The first-order chi connectivity index (χ1) is 13.7. The fourth-order valence-electron chi connectivity index (χ4n) is 2.62. The van der Waals surface area contributed by atoms with Gasteiger partial charge in [0.15, 0.2) is 18.1 Å². The van der Waals surface area contributed by atoms with Crippen molar-refractivity contribution in [2.75, 3.05) is 13.7 Å². The number of nitrogens with zero attached hydrogens (tertiary/aromatic N) is 4. The smallest absolute Gasteiger partial charge is 0.359 e. The van der Waals surface area contributed by atoms with Gasteiger partial charge in [0.1, 0.15) is 0 Å². The lowest BCUT2D eigenvalue weighted by atomic mass is 10.3. The van der Waals surface area contributed by atoms with E-state index in [1.54, 1.807) is 29.9 Å². The molecule has 0 atom stereocenters. The van der Waals surface area contributed by atoms with Crippen LogP contribution in [0.2, 0.25) is 9.36 Å². The molecular formula is C19H18Cl2N4O3S. The van der Waals surface area contributed by atoms with Crippen molar-refractivity contribution in [2.24, 2.45) is 0 Å². The number of rotatable bonds is 6. The van der Waals surface area contributed by atoms with Crippen molar-refractivity contribution < 1.29 is 14.3 Å². The summed E-state index contributed by atoms with van der Waals surface area (Å²) < 4.78 is 7.38. The molecule has 3 rings (SSSR count). The minimum atomic E-state index is -0.778. The molecule has 0 radical (unpaired) electrons. The van der Waals surface area contributed by atoms with E-state index in [0.29, 0.717) is 16.7 Å². The molecule has 3 aromatic rings. The van der Waals surface area contributed by atoms with Crippen LogP contribution in [0.3, 0.4) is 0 Å². The lowest BCUT2D eigenvalue weighted by Crippen LogP contribution is -2.30. The quantitative estimate of drug-likeness (QED) is 0.526. The molecule has 3 aromatic heterocycles. The first kappa shape index (κ1) is 21.3. The summed E-state index contributed by atoms with van der Waals surface area (Å²) in [6.45, 7) is 3.70. The molecule has 0 spiro atoms. The Morgan fingerprint density at radius 3 is 2.59 bits per heavy atom. The lowest BCUT2D eigenvalue weighted by molar-refractivity contribution is -0.133. The van der Waals surface area contributed by atoms with Crippen LogP contribution in [0.1, 0.15) is 26.8 Å². The molecule has 7 nitrogen and oxygen atoms in total. The number of carbonyl (C=O) groups excluding carboxylic acids is 2. The van der Waals surface area contributed by atoms with E-state index in [1.807, 2.05) is 26.0 Å². The molecule has 0 saturated heterocycles. The van der Waals surface area contributed by atoms with Crippen molar-refractivity contribution in [3.05, 3.63) is 61.6 Å². The Balaban J connectivity index is 1.66. The zero-order chi connectivity index (χ0) is 21.1. The molecule has 0 bridgehead atoms. The number of aryl methyl sites for hydroxylation is 2. The summed E-state index contributed by atoms with van der Waals surface area (Å²) in [5, 5.41) is 4.47. The number of pyridine rings is 1. The van der Waals surface area contributed by atoms with Gasteiger partial charge in [-0.3, -0.25) is 4.79 Å². The molecular weight excluding hydrogens is 435 g/mol. The molecule has 152 valence electrons. The minimum absolute atomic E-state index is 0.0720. The van der Waals surface area contributed by atoms with Crippen LogP contribution in [0.25, 0.3) is 5.82 Å². The summed E-state index contributed by atoms with van der Waals surface area (Å²) in [5.41, 5.74) is 1.61. The van der Waals surface area contributed by atoms with Gasteiger partial charge in [-0.25, -0.2) is 14.5 Å². The highest BCUT2D eigenvalue weighted by atomic mass is 35.5. The van der Waals surface area contributed by atoms with Gasteiger partial charge in [0.2, 0.25) is 0 Å². The fourth-order valence-corrected chi connectivity index (χ4v) is 3.94. The van der Waals surface area contributed by atoms with Crippen molar-refractivity contribution in [3.63, 3.8) is 0 Å². The Kier molecular flexibility index (Phi) is 6.56. The summed E-state index contributed by atoms with van der Waals surface area (Å²) in [5.74, 6) is -0.696. The van der Waals surface area contributed by atoms with Crippen molar-refractivity contribution in [1.82, 2.24) is 19.7 Å². The second-order valence-electron chi connectivity index (χ2n) is 6.37. The van der Waals surface area contributed by atoms with Gasteiger partial charge < -0.3 is 9.64 Å². The predicted octanol–water partition coefficient (Wildman–Crippen LogP) is 4.07. The third kappa shape index (κ3) is 5.14. The second kappa shape index (κ2) is 8.94. The maximum atomic E-state index is 12.4. The van der Waals surface area contributed by atoms with Crippen LogP contribution in [-0.2, 0) is 16.1 Å². The average Bonchev–Trinajstić information content (AvgIpc) is 3.23. The van der Waals surface area contributed by atoms with E-state index in [0.717, 1.165) is 16.3 Å². The average molecular weight is 453 g/mol. The molecule has 0 saturated carbocycles. The maximum absolute atomic E-state index is 12.4. The number of carbonyl (C=O) groups is 2. The van der Waals surface area contributed by atoms with E-state index in [9.17, 15) is 9.59 Å². The van der Waals surface area contributed by atoms with Crippen LogP contribution in [0.4, 0.5) is 0 Å². The summed E-state index contributed by atoms with van der Waals surface area (Å²) in [6.07, 6.45) is 0. The molecule has 29 heavy (non-hydrogen) atoms. The number of aromatic nitrogens is 3. The van der Waals surface area contributed by atoms with Gasteiger partial charge >= 0.3 is 5.97 Å². The van der Waals surface area contributed by atoms with Crippen molar-refractivity contribution >= 4 is 46.4 Å². The normalized spacial score (nSPS) is 10.8. The standard InChI is InChI=1S/C19H18Cl2N4O3S/c1-11-8-12(2)25(23-11)16-7-5-14(20)18(22-16)19(27)28-10-17(26)24(3)9-13-4-6-15(21)29-13/h4-8H,9-10H2,1-3H3. The molecule has 3 heterocycles. The van der Waals surface area contributed by atoms with Gasteiger partial charge in [0, 0.05) is 17.6 Å². The Labute approximate surface area is 181 Å². The van der Waals surface area contributed by atoms with E-state index in [4.69, 9.17) is 27.9 Å². The van der Waals surface area contributed by atoms with Gasteiger partial charge in [-0.05, 0) is 44.2 Å². The van der Waals surface area contributed by atoms with Crippen LogP contribution in [0, 0.1) is 13.8 Å². The largest absolute Gasteiger partial charge is 0.451 e. The van der Waals surface area contributed by atoms with E-state index in [2.05, 4.69) is 10.1 Å². The Morgan fingerprint density at radius 2 is 1.97 bits per heavy atom. The SMILES string of the molecule is Cc1cc(C)n(-c2ccc(Cl)c(C(=O)OCC(=O)N(C)Cc3ccc(Cl)s3)n2)n1. The van der Waals surface area contributed by atoms with Crippen LogP contribution in [0.5, 0.6) is 0 Å². The number of esters is 1. The number of hydrogen-bond donors (Lipinski definition) is 0. The number of thiophene rings is 1. The summed E-state index contributed by atoms with van der Waals surface area (Å²) >= 11 is 13.4. The fraction of sp³-hybridized carbons (Fsp3) is 0.263. The molecule has 0 unspecified atom stereocenters.